The molecule has 1 aliphatic heterocycles. The van der Waals surface area contributed by atoms with E-state index < -0.39 is 5.82 Å². The molecule has 4 aromatic rings. The van der Waals surface area contributed by atoms with Crippen molar-refractivity contribution in [1.29, 1.82) is 0 Å². The first kappa shape index (κ1) is 22.3. The average molecular weight is 479 g/mol. The van der Waals surface area contributed by atoms with Crippen LogP contribution in [0.1, 0.15) is 35.5 Å². The van der Waals surface area contributed by atoms with E-state index in [2.05, 4.69) is 10.1 Å². The van der Waals surface area contributed by atoms with Gasteiger partial charge in [0.15, 0.2) is 0 Å². The molecule has 6 nitrogen and oxygen atoms in total. The van der Waals surface area contributed by atoms with Gasteiger partial charge in [-0.3, -0.25) is 14.5 Å². The molecule has 1 amide bonds. The Balaban J connectivity index is 1.56. The van der Waals surface area contributed by atoms with Crippen LogP contribution >= 0.6 is 11.6 Å². The Bertz CT molecular complexity index is 1420. The molecular weight excluding hydrogens is 455 g/mol. The number of aromatic nitrogens is 3. The summed E-state index contributed by atoms with van der Waals surface area (Å²) in [5.74, 6) is 0.0884. The maximum atomic E-state index is 15.6. The second-order valence-corrected chi connectivity index (χ2v) is 9.37. The van der Waals surface area contributed by atoms with Gasteiger partial charge in [-0.1, -0.05) is 31.5 Å². The first-order chi connectivity index (χ1) is 16.3. The molecule has 3 heterocycles. The molecule has 0 aliphatic carbocycles. The summed E-state index contributed by atoms with van der Waals surface area (Å²) < 4.78 is 23.4. The Morgan fingerprint density at radius 2 is 2.03 bits per heavy atom. The minimum Gasteiger partial charge on any atom is -0.493 e. The van der Waals surface area contributed by atoms with Gasteiger partial charge >= 0.3 is 0 Å². The van der Waals surface area contributed by atoms with Crippen molar-refractivity contribution in [2.45, 2.75) is 26.9 Å². The smallest absolute Gasteiger partial charge is 0.256 e. The molecule has 0 unspecified atom stereocenters. The number of pyridine rings is 1. The molecule has 0 bridgehead atoms. The van der Waals surface area contributed by atoms with Crippen LogP contribution in [0.4, 0.5) is 4.39 Å². The van der Waals surface area contributed by atoms with Gasteiger partial charge in [-0.15, -0.1) is 0 Å². The standard InChI is InChI=1S/C26H24ClFN4O2/c1-15(2)14-34-24-10-16(17-6-7-21(27)25-19(17)11-31(3)30-25)9-22(28)20(24)12-32-13-23-18(26(32)33)5-4-8-29-23/h4-11,15H,12-14H2,1-3H3. The highest BCUT2D eigenvalue weighted by Gasteiger charge is 2.30. The van der Waals surface area contributed by atoms with Crippen molar-refractivity contribution < 1.29 is 13.9 Å². The lowest BCUT2D eigenvalue weighted by Crippen LogP contribution is -2.24. The number of nitrogens with zero attached hydrogens (tertiary/aromatic N) is 4. The van der Waals surface area contributed by atoms with Crippen LogP contribution in [0.3, 0.4) is 0 Å². The maximum absolute atomic E-state index is 15.6. The Kier molecular flexibility index (Phi) is 5.73. The highest BCUT2D eigenvalue weighted by atomic mass is 35.5. The van der Waals surface area contributed by atoms with Gasteiger partial charge in [0.2, 0.25) is 0 Å². The number of carbonyl (C=O) groups excluding carboxylic acids is 1. The number of hydrogen-bond donors (Lipinski definition) is 0. The molecule has 2 aromatic carbocycles. The molecule has 1 aliphatic rings. The summed E-state index contributed by atoms with van der Waals surface area (Å²) >= 11 is 6.33. The third-order valence-electron chi connectivity index (χ3n) is 5.88. The lowest BCUT2D eigenvalue weighted by atomic mass is 9.99. The van der Waals surface area contributed by atoms with E-state index in [0.29, 0.717) is 51.8 Å². The summed E-state index contributed by atoms with van der Waals surface area (Å²) in [6.45, 7) is 4.93. The number of benzene rings is 2. The molecule has 0 saturated carbocycles. The van der Waals surface area contributed by atoms with Crippen molar-refractivity contribution in [2.75, 3.05) is 6.61 Å². The van der Waals surface area contributed by atoms with Crippen molar-refractivity contribution in [3.8, 4) is 16.9 Å². The second-order valence-electron chi connectivity index (χ2n) is 8.96. The summed E-state index contributed by atoms with van der Waals surface area (Å²) in [4.78, 5) is 18.7. The number of amides is 1. The topological polar surface area (TPSA) is 60.2 Å². The fraction of sp³-hybridized carbons (Fsp3) is 0.269. The van der Waals surface area contributed by atoms with Gasteiger partial charge in [0.25, 0.3) is 5.91 Å². The lowest BCUT2D eigenvalue weighted by Gasteiger charge is -2.21. The minimum absolute atomic E-state index is 0.0949. The molecule has 0 saturated heterocycles. The summed E-state index contributed by atoms with van der Waals surface area (Å²) in [6, 6.07) is 10.4. The molecule has 0 atom stereocenters. The van der Waals surface area contributed by atoms with Crippen molar-refractivity contribution in [3.05, 3.63) is 76.5 Å². The quantitative estimate of drug-likeness (QED) is 0.361. The monoisotopic (exact) mass is 478 g/mol. The molecule has 8 heteroatoms. The van der Waals surface area contributed by atoms with Gasteiger partial charge in [0.1, 0.15) is 17.1 Å². The number of ether oxygens (including phenoxy) is 1. The molecule has 34 heavy (non-hydrogen) atoms. The van der Waals surface area contributed by atoms with Crippen molar-refractivity contribution >= 4 is 28.4 Å². The van der Waals surface area contributed by atoms with E-state index in [4.69, 9.17) is 16.3 Å². The number of aryl methyl sites for hydroxylation is 1. The minimum atomic E-state index is -0.431. The van der Waals surface area contributed by atoms with Crippen LogP contribution in [0.25, 0.3) is 22.0 Å². The Morgan fingerprint density at radius 3 is 2.79 bits per heavy atom. The van der Waals surface area contributed by atoms with E-state index >= 15 is 4.39 Å². The number of fused-ring (bicyclic) bond motifs is 2. The van der Waals surface area contributed by atoms with Gasteiger partial charge in [-0.2, -0.15) is 5.10 Å². The number of carbonyl (C=O) groups is 1. The third-order valence-corrected chi connectivity index (χ3v) is 6.18. The zero-order chi connectivity index (χ0) is 24.0. The largest absolute Gasteiger partial charge is 0.493 e. The van der Waals surface area contributed by atoms with Gasteiger partial charge in [0, 0.05) is 30.4 Å². The van der Waals surface area contributed by atoms with Crippen molar-refractivity contribution in [2.24, 2.45) is 13.0 Å². The van der Waals surface area contributed by atoms with Crippen LogP contribution in [0.5, 0.6) is 5.75 Å². The first-order valence-corrected chi connectivity index (χ1v) is 11.5. The summed E-state index contributed by atoms with van der Waals surface area (Å²) in [6.07, 6.45) is 3.53. The van der Waals surface area contributed by atoms with Crippen molar-refractivity contribution in [1.82, 2.24) is 19.7 Å². The van der Waals surface area contributed by atoms with Gasteiger partial charge in [0.05, 0.1) is 36.0 Å². The predicted octanol–water partition coefficient (Wildman–Crippen LogP) is 5.62. The van der Waals surface area contributed by atoms with Crippen LogP contribution in [-0.4, -0.2) is 32.2 Å². The fourth-order valence-corrected chi connectivity index (χ4v) is 4.45. The zero-order valence-corrected chi connectivity index (χ0v) is 19.9. The Morgan fingerprint density at radius 1 is 1.21 bits per heavy atom. The van der Waals surface area contributed by atoms with Crippen LogP contribution in [0.15, 0.2) is 48.8 Å². The van der Waals surface area contributed by atoms with E-state index in [1.165, 1.54) is 6.07 Å². The average Bonchev–Trinajstić information content (AvgIpc) is 3.35. The SMILES string of the molecule is CC(C)COc1cc(-c2ccc(Cl)c3nn(C)cc23)cc(F)c1CN1Cc2ncccc2C1=O. The second kappa shape index (κ2) is 8.72. The molecule has 0 spiro atoms. The van der Waals surface area contributed by atoms with Crippen LogP contribution in [0.2, 0.25) is 5.02 Å². The summed E-state index contributed by atoms with van der Waals surface area (Å²) in [7, 11) is 1.82. The van der Waals surface area contributed by atoms with E-state index in [-0.39, 0.29) is 18.4 Å². The predicted molar refractivity (Wildman–Crippen MR) is 129 cm³/mol. The van der Waals surface area contributed by atoms with Crippen LogP contribution in [-0.2, 0) is 20.1 Å². The fourth-order valence-electron chi connectivity index (χ4n) is 4.24. The molecule has 2 aromatic heterocycles. The number of rotatable bonds is 6. The highest BCUT2D eigenvalue weighted by Crippen LogP contribution is 2.37. The highest BCUT2D eigenvalue weighted by molar-refractivity contribution is 6.35. The van der Waals surface area contributed by atoms with Crippen LogP contribution in [0, 0.1) is 11.7 Å². The van der Waals surface area contributed by atoms with Gasteiger partial charge in [-0.05, 0) is 47.4 Å². The van der Waals surface area contributed by atoms with Crippen LogP contribution < -0.4 is 4.74 Å². The van der Waals surface area contributed by atoms with E-state index in [0.717, 1.165) is 10.9 Å². The van der Waals surface area contributed by atoms with E-state index in [1.807, 2.05) is 39.2 Å². The zero-order valence-electron chi connectivity index (χ0n) is 19.2. The molecule has 0 radical (unpaired) electrons. The molecule has 0 fully saturated rings. The summed E-state index contributed by atoms with van der Waals surface area (Å²) in [5, 5.41) is 5.79. The van der Waals surface area contributed by atoms with Crippen molar-refractivity contribution in [3.63, 3.8) is 0 Å². The number of hydrogen-bond acceptors (Lipinski definition) is 4. The Labute approximate surface area is 201 Å². The summed E-state index contributed by atoms with van der Waals surface area (Å²) in [5.41, 5.74) is 3.73. The lowest BCUT2D eigenvalue weighted by molar-refractivity contribution is 0.0763. The molecular formula is C26H24ClFN4O2. The maximum Gasteiger partial charge on any atom is 0.256 e. The Hall–Kier alpha value is -3.45. The van der Waals surface area contributed by atoms with E-state index in [1.54, 1.807) is 34.0 Å². The van der Waals surface area contributed by atoms with E-state index in [9.17, 15) is 4.79 Å². The molecule has 5 rings (SSSR count). The molecule has 0 N–H and O–H groups in total. The first-order valence-electron chi connectivity index (χ1n) is 11.1. The van der Waals surface area contributed by atoms with Gasteiger partial charge < -0.3 is 9.64 Å². The normalized spacial score (nSPS) is 13.2. The van der Waals surface area contributed by atoms with Gasteiger partial charge in [-0.25, -0.2) is 4.39 Å². The molecule has 174 valence electrons. The third kappa shape index (κ3) is 4.01. The number of halogens is 2.